The van der Waals surface area contributed by atoms with Gasteiger partial charge in [-0.05, 0) is 41.8 Å². The Labute approximate surface area is 172 Å². The van der Waals surface area contributed by atoms with Crippen molar-refractivity contribution < 1.29 is 51.6 Å². The summed E-state index contributed by atoms with van der Waals surface area (Å²) < 4.78 is 146. The fraction of sp³-hybridized carbons (Fsp3) is 0.412. The average Bonchev–Trinajstić information content (AvgIpc) is 2.59. The third-order valence-electron chi connectivity index (χ3n) is 4.32. The van der Waals surface area contributed by atoms with Crippen LogP contribution in [0, 0.1) is 6.92 Å². The number of benzene rings is 2. The highest BCUT2D eigenvalue weighted by Gasteiger charge is 2.86. The van der Waals surface area contributed by atoms with Crippen molar-refractivity contribution in [3.05, 3.63) is 42.0 Å². The van der Waals surface area contributed by atoms with Crippen molar-refractivity contribution in [2.45, 2.75) is 35.1 Å². The van der Waals surface area contributed by atoms with E-state index in [0.717, 1.165) is 12.5 Å². The quantitative estimate of drug-likeness (QED) is 0.438. The predicted molar refractivity (Wildman–Crippen MR) is 97.3 cm³/mol. The molecule has 0 bridgehead atoms. The maximum absolute atomic E-state index is 14.0. The molecule has 0 heterocycles. The number of halogens is 9. The Bertz CT molecular complexity index is 1090. The lowest BCUT2D eigenvalue weighted by Crippen LogP contribution is -2.63. The van der Waals surface area contributed by atoms with Crippen LogP contribution in [0.2, 0.25) is 0 Å². The van der Waals surface area contributed by atoms with Crippen LogP contribution in [0.25, 0.3) is 10.8 Å². The van der Waals surface area contributed by atoms with Crippen molar-refractivity contribution >= 4 is 31.2 Å². The minimum absolute atomic E-state index is 0.0287. The highest BCUT2D eigenvalue weighted by Crippen LogP contribution is 2.60. The van der Waals surface area contributed by atoms with Crippen molar-refractivity contribution in [3.63, 3.8) is 0 Å². The molecule has 0 fully saturated rings. The first-order valence-electron chi connectivity index (χ1n) is 8.08. The number of hydrogen-bond donors (Lipinski definition) is 0. The second kappa shape index (κ2) is 7.44. The summed E-state index contributed by atoms with van der Waals surface area (Å²) >= 11 is 0. The Morgan fingerprint density at radius 1 is 0.742 bits per heavy atom. The molecule has 14 heteroatoms. The smallest absolute Gasteiger partial charge is 0.211 e. The zero-order chi connectivity index (χ0) is 24.3. The fourth-order valence-corrected chi connectivity index (χ4v) is 6.64. The van der Waals surface area contributed by atoms with E-state index in [0.29, 0.717) is 16.3 Å². The van der Waals surface area contributed by atoms with Gasteiger partial charge in [0.1, 0.15) is 0 Å². The molecule has 2 rings (SSSR count). The summed E-state index contributed by atoms with van der Waals surface area (Å²) in [5.74, 6) is -14.7. The first-order valence-corrected chi connectivity index (χ1v) is 11.9. The van der Waals surface area contributed by atoms with Crippen molar-refractivity contribution in [1.82, 2.24) is 0 Å². The third-order valence-corrected chi connectivity index (χ3v) is 8.70. The van der Waals surface area contributed by atoms with E-state index in [1.54, 1.807) is 19.1 Å². The number of hydrogen-bond acceptors (Lipinski definition) is 3. The van der Waals surface area contributed by atoms with Gasteiger partial charge >= 0.3 is 33.4 Å². The van der Waals surface area contributed by atoms with Gasteiger partial charge in [0.05, 0.1) is 0 Å². The Kier molecular flexibility index (Phi) is 6.14. The van der Waals surface area contributed by atoms with Gasteiger partial charge in [-0.3, -0.25) is 0 Å². The summed E-state index contributed by atoms with van der Waals surface area (Å²) in [4.78, 5) is -0.0287. The molecule has 0 aliphatic heterocycles. The Balaban J connectivity index is 2.58. The minimum atomic E-state index is -7.35. The monoisotopic (exact) mass is 502 g/mol. The van der Waals surface area contributed by atoms with E-state index in [-0.39, 0.29) is 4.90 Å². The van der Waals surface area contributed by atoms with Crippen molar-refractivity contribution in [1.29, 1.82) is 0 Å². The lowest BCUT2D eigenvalue weighted by Gasteiger charge is -2.36. The van der Waals surface area contributed by atoms with Gasteiger partial charge in [0, 0.05) is 4.90 Å². The summed E-state index contributed by atoms with van der Waals surface area (Å²) in [6.45, 7) is 1.67. The van der Waals surface area contributed by atoms with Crippen molar-refractivity contribution in [2.75, 3.05) is 12.5 Å². The summed E-state index contributed by atoms with van der Waals surface area (Å²) in [6, 6.07) is 8.86. The normalized spacial score (nSPS) is 15.4. The molecule has 0 saturated heterocycles. The number of fused-ring (bicyclic) bond motifs is 1. The van der Waals surface area contributed by atoms with E-state index in [4.69, 9.17) is 0 Å². The van der Waals surface area contributed by atoms with E-state index in [1.165, 1.54) is 24.3 Å². The first-order chi connectivity index (χ1) is 13.7. The van der Waals surface area contributed by atoms with Crippen LogP contribution in [0.3, 0.4) is 0 Å². The number of aryl methyl sites for hydroxylation is 1. The summed E-state index contributed by atoms with van der Waals surface area (Å²) in [6.07, 6.45) is -5.26. The SMILES string of the molecule is Cc1ccc(S(C)(C)OS(=O)(=O)C(F)(F)C(F)(F)C(F)(F)C(F)(F)F)c2ccccc12. The molecule has 0 radical (unpaired) electrons. The van der Waals surface area contributed by atoms with Crippen molar-refractivity contribution in [2.24, 2.45) is 0 Å². The molecule has 176 valence electrons. The van der Waals surface area contributed by atoms with Gasteiger partial charge in [-0.2, -0.15) is 47.9 Å². The molecule has 3 nitrogen and oxygen atoms in total. The predicted octanol–water partition coefficient (Wildman–Crippen LogP) is 6.26. The summed E-state index contributed by atoms with van der Waals surface area (Å²) in [7, 11) is -10.4. The molecule has 0 spiro atoms. The Morgan fingerprint density at radius 3 is 1.71 bits per heavy atom. The van der Waals surface area contributed by atoms with Crippen LogP contribution in [0.4, 0.5) is 39.5 Å². The minimum Gasteiger partial charge on any atom is -0.211 e. The molecule has 0 N–H and O–H groups in total. The van der Waals surface area contributed by atoms with Gasteiger partial charge in [0.25, 0.3) is 0 Å². The lowest BCUT2D eigenvalue weighted by atomic mass is 10.1. The molecule has 2 aromatic rings. The van der Waals surface area contributed by atoms with Crippen LogP contribution in [-0.2, 0) is 13.7 Å². The van der Waals surface area contributed by atoms with Crippen LogP contribution in [0.5, 0.6) is 0 Å². The van der Waals surface area contributed by atoms with E-state index in [9.17, 15) is 47.9 Å². The molecule has 0 aromatic heterocycles. The molecule has 0 saturated carbocycles. The largest absolute Gasteiger partial charge is 0.460 e. The van der Waals surface area contributed by atoms with Gasteiger partial charge < -0.3 is 0 Å². The highest BCUT2D eigenvalue weighted by molar-refractivity contribution is 8.32. The van der Waals surface area contributed by atoms with E-state index < -0.39 is 43.7 Å². The molecule has 2 aromatic carbocycles. The van der Waals surface area contributed by atoms with Crippen molar-refractivity contribution in [3.8, 4) is 0 Å². The van der Waals surface area contributed by atoms with Gasteiger partial charge in [0.2, 0.25) is 0 Å². The van der Waals surface area contributed by atoms with Crippen LogP contribution in [-0.4, -0.2) is 44.2 Å². The average molecular weight is 502 g/mol. The maximum atomic E-state index is 14.0. The van der Waals surface area contributed by atoms with Gasteiger partial charge in [0.15, 0.2) is 0 Å². The Morgan fingerprint density at radius 2 is 1.23 bits per heavy atom. The van der Waals surface area contributed by atoms with E-state index >= 15 is 0 Å². The lowest BCUT2D eigenvalue weighted by molar-refractivity contribution is -0.382. The van der Waals surface area contributed by atoms with Crippen LogP contribution in [0.15, 0.2) is 41.3 Å². The molecule has 0 aliphatic carbocycles. The summed E-state index contributed by atoms with van der Waals surface area (Å²) in [5.41, 5.74) is 0.680. The summed E-state index contributed by atoms with van der Waals surface area (Å²) in [5, 5.41) is -6.07. The zero-order valence-corrected chi connectivity index (χ0v) is 17.5. The Hall–Kier alpha value is -1.67. The highest BCUT2D eigenvalue weighted by atomic mass is 32.3. The van der Waals surface area contributed by atoms with Gasteiger partial charge in [-0.25, -0.2) is 3.63 Å². The molecular formula is C17H15F9O3S2. The molecule has 0 unspecified atom stereocenters. The fourth-order valence-electron chi connectivity index (χ4n) is 2.67. The van der Waals surface area contributed by atoms with Crippen LogP contribution in [0.1, 0.15) is 5.56 Å². The molecular weight excluding hydrogens is 487 g/mol. The first kappa shape index (κ1) is 25.6. The second-order valence-corrected chi connectivity index (χ2v) is 11.7. The topological polar surface area (TPSA) is 43.4 Å². The van der Waals surface area contributed by atoms with Crippen LogP contribution >= 0.6 is 10.3 Å². The molecule has 0 atom stereocenters. The number of rotatable bonds is 6. The van der Waals surface area contributed by atoms with E-state index in [1.807, 2.05) is 0 Å². The maximum Gasteiger partial charge on any atom is 0.460 e. The standard InChI is InChI=1S/C17H15F9O3S2/c1-10-8-9-13(12-7-5-4-6-11(10)12)30(2,3)29-31(27,28)17(25,26)15(20,21)14(18,19)16(22,23)24/h4-9H,1-3H3. The van der Waals surface area contributed by atoms with Crippen LogP contribution < -0.4 is 0 Å². The van der Waals surface area contributed by atoms with Gasteiger partial charge in [-0.1, -0.05) is 40.6 Å². The third kappa shape index (κ3) is 3.97. The molecule has 0 amide bonds. The molecule has 31 heavy (non-hydrogen) atoms. The molecule has 0 aliphatic rings. The van der Waals surface area contributed by atoms with E-state index in [2.05, 4.69) is 3.63 Å². The zero-order valence-electron chi connectivity index (χ0n) is 15.9. The second-order valence-electron chi connectivity index (χ2n) is 6.84. The number of alkyl halides is 9. The van der Waals surface area contributed by atoms with Gasteiger partial charge in [-0.15, -0.1) is 0 Å².